The predicted octanol–water partition coefficient (Wildman–Crippen LogP) is 0.102. The van der Waals surface area contributed by atoms with Gasteiger partial charge in [-0.1, -0.05) is 0 Å². The maximum atomic E-state index is 6.32. The summed E-state index contributed by atoms with van der Waals surface area (Å²) >= 11 is 0. The summed E-state index contributed by atoms with van der Waals surface area (Å²) in [7, 11) is 0. The van der Waals surface area contributed by atoms with Gasteiger partial charge in [0.05, 0.1) is 36.3 Å². The Morgan fingerprint density at radius 2 is 2.24 bits per heavy atom. The molecule has 0 amide bonds. The predicted molar refractivity (Wildman–Crippen MR) is 82.6 cm³/mol. The molecule has 2 aromatic heterocycles. The molecule has 0 atom stereocenters. The zero-order valence-corrected chi connectivity index (χ0v) is 12.0. The average molecular weight is 289 g/mol. The Morgan fingerprint density at radius 3 is 2.95 bits per heavy atom. The standard InChI is InChI=1S/C13H19N7O/c1-2-16-11(15)8-9(14)13(20-3-5-21-6-4-20)19-12-10(8)17-7-18-12/h7H,2-6,14H2,1H3,(H2,15,16)(H,17,18,19). The number of nitrogen functional groups attached to an aromatic ring is 1. The second kappa shape index (κ2) is 5.57. The second-order valence-corrected chi connectivity index (χ2v) is 4.78. The number of aliphatic imine (C=N–C) groups is 1. The first-order chi connectivity index (χ1) is 10.2. The number of rotatable bonds is 3. The van der Waals surface area contributed by atoms with Crippen molar-refractivity contribution in [2.75, 3.05) is 43.5 Å². The number of anilines is 2. The van der Waals surface area contributed by atoms with Gasteiger partial charge < -0.3 is 26.1 Å². The maximum absolute atomic E-state index is 6.32. The highest BCUT2D eigenvalue weighted by molar-refractivity contribution is 6.12. The first kappa shape index (κ1) is 13.6. The molecule has 0 unspecified atom stereocenters. The topological polar surface area (TPSA) is 118 Å². The van der Waals surface area contributed by atoms with Crippen molar-refractivity contribution in [3.8, 4) is 0 Å². The molecule has 3 heterocycles. The SMILES string of the molecule is CCN=C(N)c1c(N)c(N2CCOCC2)nc2nc[nH]c12. The molecule has 1 aliphatic heterocycles. The van der Waals surface area contributed by atoms with Crippen molar-refractivity contribution >= 4 is 28.5 Å². The van der Waals surface area contributed by atoms with E-state index in [0.29, 0.717) is 48.3 Å². The van der Waals surface area contributed by atoms with E-state index in [9.17, 15) is 0 Å². The summed E-state index contributed by atoms with van der Waals surface area (Å²) in [6.07, 6.45) is 1.59. The molecule has 8 heteroatoms. The number of aromatic nitrogens is 3. The van der Waals surface area contributed by atoms with Gasteiger partial charge in [-0.3, -0.25) is 4.99 Å². The van der Waals surface area contributed by atoms with Crippen molar-refractivity contribution in [3.63, 3.8) is 0 Å². The van der Waals surface area contributed by atoms with Crippen LogP contribution in [0.15, 0.2) is 11.3 Å². The number of pyridine rings is 1. The minimum Gasteiger partial charge on any atom is -0.395 e. The summed E-state index contributed by atoms with van der Waals surface area (Å²) < 4.78 is 5.37. The van der Waals surface area contributed by atoms with Gasteiger partial charge in [-0.25, -0.2) is 9.97 Å². The molecule has 3 rings (SSSR count). The van der Waals surface area contributed by atoms with Gasteiger partial charge in [-0.15, -0.1) is 0 Å². The Kier molecular flexibility index (Phi) is 3.61. The molecule has 112 valence electrons. The first-order valence-electron chi connectivity index (χ1n) is 6.98. The summed E-state index contributed by atoms with van der Waals surface area (Å²) in [6.45, 7) is 5.34. The van der Waals surface area contributed by atoms with Crippen molar-refractivity contribution in [1.82, 2.24) is 15.0 Å². The number of imidazole rings is 1. The Balaban J connectivity index is 2.17. The van der Waals surface area contributed by atoms with Gasteiger partial charge in [0.15, 0.2) is 11.5 Å². The monoisotopic (exact) mass is 289 g/mol. The molecule has 0 radical (unpaired) electrons. The lowest BCUT2D eigenvalue weighted by molar-refractivity contribution is 0.122. The van der Waals surface area contributed by atoms with Crippen molar-refractivity contribution < 1.29 is 4.74 Å². The minimum absolute atomic E-state index is 0.404. The summed E-state index contributed by atoms with van der Waals surface area (Å²) in [5, 5.41) is 0. The molecule has 21 heavy (non-hydrogen) atoms. The number of morpholine rings is 1. The van der Waals surface area contributed by atoms with E-state index in [4.69, 9.17) is 16.2 Å². The normalized spacial score (nSPS) is 16.6. The molecule has 0 aliphatic carbocycles. The summed E-state index contributed by atoms with van der Waals surface area (Å²) in [5.41, 5.74) is 14.9. The van der Waals surface area contributed by atoms with Crippen LogP contribution in [0.1, 0.15) is 12.5 Å². The van der Waals surface area contributed by atoms with E-state index in [1.54, 1.807) is 6.33 Å². The van der Waals surface area contributed by atoms with Crippen molar-refractivity contribution in [3.05, 3.63) is 11.9 Å². The molecule has 5 N–H and O–H groups in total. The molecule has 1 fully saturated rings. The number of H-pyrrole nitrogens is 1. The van der Waals surface area contributed by atoms with E-state index in [1.807, 2.05) is 6.92 Å². The number of nitrogens with zero attached hydrogens (tertiary/aromatic N) is 4. The number of aromatic amines is 1. The molecule has 0 spiro atoms. The minimum atomic E-state index is 0.404. The lowest BCUT2D eigenvalue weighted by Gasteiger charge is -2.29. The van der Waals surface area contributed by atoms with Crippen LogP contribution in [0.25, 0.3) is 11.2 Å². The molecular formula is C13H19N7O. The number of ether oxygens (including phenoxy) is 1. The Hall–Kier alpha value is -2.35. The lowest BCUT2D eigenvalue weighted by atomic mass is 10.1. The fourth-order valence-corrected chi connectivity index (χ4v) is 2.49. The van der Waals surface area contributed by atoms with Gasteiger partial charge in [0.2, 0.25) is 0 Å². The van der Waals surface area contributed by atoms with E-state index >= 15 is 0 Å². The van der Waals surface area contributed by atoms with E-state index in [2.05, 4.69) is 24.8 Å². The van der Waals surface area contributed by atoms with E-state index < -0.39 is 0 Å². The third-order valence-corrected chi connectivity index (χ3v) is 3.49. The maximum Gasteiger partial charge on any atom is 0.180 e. The Labute approximate surface area is 122 Å². The molecule has 2 aromatic rings. The van der Waals surface area contributed by atoms with Crippen LogP contribution in [0.4, 0.5) is 11.5 Å². The van der Waals surface area contributed by atoms with Crippen LogP contribution >= 0.6 is 0 Å². The van der Waals surface area contributed by atoms with Crippen molar-refractivity contribution in [1.29, 1.82) is 0 Å². The van der Waals surface area contributed by atoms with Gasteiger partial charge >= 0.3 is 0 Å². The van der Waals surface area contributed by atoms with Crippen LogP contribution in [0.2, 0.25) is 0 Å². The molecule has 1 aliphatic rings. The number of amidine groups is 1. The quantitative estimate of drug-likeness (QED) is 0.545. The Bertz CT molecular complexity index is 672. The van der Waals surface area contributed by atoms with Crippen LogP contribution in [-0.2, 0) is 4.74 Å². The van der Waals surface area contributed by atoms with Crippen LogP contribution in [0.5, 0.6) is 0 Å². The van der Waals surface area contributed by atoms with E-state index in [0.717, 1.165) is 18.6 Å². The molecular weight excluding hydrogens is 270 g/mol. The van der Waals surface area contributed by atoms with Crippen LogP contribution in [-0.4, -0.2) is 53.6 Å². The van der Waals surface area contributed by atoms with Crippen molar-refractivity contribution in [2.45, 2.75) is 6.92 Å². The smallest absolute Gasteiger partial charge is 0.180 e. The molecule has 0 bridgehead atoms. The van der Waals surface area contributed by atoms with Crippen molar-refractivity contribution in [2.24, 2.45) is 10.7 Å². The van der Waals surface area contributed by atoms with E-state index in [-0.39, 0.29) is 0 Å². The van der Waals surface area contributed by atoms with Gasteiger partial charge in [0.25, 0.3) is 0 Å². The number of hydrogen-bond donors (Lipinski definition) is 3. The largest absolute Gasteiger partial charge is 0.395 e. The average Bonchev–Trinajstić information content (AvgIpc) is 2.95. The zero-order valence-electron chi connectivity index (χ0n) is 12.0. The molecule has 8 nitrogen and oxygen atoms in total. The van der Waals surface area contributed by atoms with Gasteiger partial charge in [-0.05, 0) is 6.92 Å². The van der Waals surface area contributed by atoms with Gasteiger partial charge in [-0.2, -0.15) is 0 Å². The van der Waals surface area contributed by atoms with Gasteiger partial charge in [0, 0.05) is 19.6 Å². The molecule has 0 aromatic carbocycles. The summed E-state index contributed by atoms with van der Waals surface area (Å²) in [6, 6.07) is 0. The zero-order chi connectivity index (χ0) is 14.8. The third kappa shape index (κ3) is 2.38. The molecule has 1 saturated heterocycles. The Morgan fingerprint density at radius 1 is 1.48 bits per heavy atom. The summed E-state index contributed by atoms with van der Waals surface area (Å²) in [4.78, 5) is 18.2. The highest BCUT2D eigenvalue weighted by Crippen LogP contribution is 2.30. The van der Waals surface area contributed by atoms with Gasteiger partial charge in [0.1, 0.15) is 5.84 Å². The second-order valence-electron chi connectivity index (χ2n) is 4.78. The number of fused-ring (bicyclic) bond motifs is 1. The number of hydrogen-bond acceptors (Lipinski definition) is 6. The van der Waals surface area contributed by atoms with Crippen LogP contribution < -0.4 is 16.4 Å². The number of nitrogens with one attached hydrogen (secondary N) is 1. The first-order valence-corrected chi connectivity index (χ1v) is 6.98. The van der Waals surface area contributed by atoms with Crippen LogP contribution in [0.3, 0.4) is 0 Å². The lowest BCUT2D eigenvalue weighted by Crippen LogP contribution is -2.37. The van der Waals surface area contributed by atoms with Crippen LogP contribution in [0, 0.1) is 0 Å². The van der Waals surface area contributed by atoms with E-state index in [1.165, 1.54) is 0 Å². The molecule has 0 saturated carbocycles. The highest BCUT2D eigenvalue weighted by atomic mass is 16.5. The number of nitrogens with two attached hydrogens (primary N) is 2. The fraction of sp³-hybridized carbons (Fsp3) is 0.462. The third-order valence-electron chi connectivity index (χ3n) is 3.49. The highest BCUT2D eigenvalue weighted by Gasteiger charge is 2.22. The fourth-order valence-electron chi connectivity index (χ4n) is 2.49. The summed E-state index contributed by atoms with van der Waals surface area (Å²) in [5.74, 6) is 1.10.